The van der Waals surface area contributed by atoms with Crippen molar-refractivity contribution in [1.82, 2.24) is 0 Å². The maximum absolute atomic E-state index is 6.00. The molecule has 0 saturated heterocycles. The predicted molar refractivity (Wildman–Crippen MR) is 62.0 cm³/mol. The predicted octanol–water partition coefficient (Wildman–Crippen LogP) is 2.75. The Morgan fingerprint density at radius 2 is 2.13 bits per heavy atom. The van der Waals surface area contributed by atoms with Crippen molar-refractivity contribution in [2.24, 2.45) is 5.73 Å². The molecule has 0 spiro atoms. The van der Waals surface area contributed by atoms with Crippen molar-refractivity contribution in [3.05, 3.63) is 34.8 Å². The van der Waals surface area contributed by atoms with Crippen LogP contribution < -0.4 is 15.2 Å². The van der Waals surface area contributed by atoms with Crippen molar-refractivity contribution < 1.29 is 9.47 Å². The minimum absolute atomic E-state index is 0.0635. The zero-order chi connectivity index (χ0) is 10.8. The van der Waals surface area contributed by atoms with Crippen molar-refractivity contribution in [3.63, 3.8) is 0 Å². The molecule has 0 aliphatic carbocycles. The van der Waals surface area contributed by atoms with E-state index in [4.69, 9.17) is 15.2 Å². The minimum atomic E-state index is -0.0635. The second-order valence-corrected chi connectivity index (χ2v) is 4.21. The number of hydrogen-bond donors (Lipinski definition) is 1. The summed E-state index contributed by atoms with van der Waals surface area (Å²) < 4.78 is 11.5. The molecule has 0 fully saturated rings. The van der Waals surface area contributed by atoms with E-state index in [0.717, 1.165) is 28.0 Å². The van der Waals surface area contributed by atoms with Crippen LogP contribution in [0.15, 0.2) is 29.3 Å². The molecule has 15 heavy (non-hydrogen) atoms. The maximum Gasteiger partial charge on any atom is 0.231 e. The van der Waals surface area contributed by atoms with Crippen LogP contribution in [0.2, 0.25) is 0 Å². The van der Waals surface area contributed by atoms with E-state index in [9.17, 15) is 0 Å². The summed E-state index contributed by atoms with van der Waals surface area (Å²) in [6, 6.07) is 3.74. The second kappa shape index (κ2) is 4.24. The third-order valence-electron chi connectivity index (χ3n) is 2.31. The van der Waals surface area contributed by atoms with Crippen LogP contribution in [0, 0.1) is 0 Å². The van der Waals surface area contributed by atoms with Crippen molar-refractivity contribution in [2.45, 2.75) is 12.5 Å². The summed E-state index contributed by atoms with van der Waals surface area (Å²) in [6.45, 7) is 3.96. The fourth-order valence-corrected chi connectivity index (χ4v) is 2.14. The summed E-state index contributed by atoms with van der Waals surface area (Å²) in [5, 5.41) is 0. The molecule has 3 nitrogen and oxygen atoms in total. The molecule has 1 aliphatic heterocycles. The first-order chi connectivity index (χ1) is 7.22. The summed E-state index contributed by atoms with van der Waals surface area (Å²) in [7, 11) is 0. The molecule has 1 aromatic rings. The van der Waals surface area contributed by atoms with E-state index >= 15 is 0 Å². The average Bonchev–Trinajstić information content (AvgIpc) is 2.63. The normalized spacial score (nSPS) is 15.1. The highest BCUT2D eigenvalue weighted by molar-refractivity contribution is 9.10. The highest BCUT2D eigenvalue weighted by atomic mass is 79.9. The first kappa shape index (κ1) is 10.5. The number of fused-ring (bicyclic) bond motifs is 1. The van der Waals surface area contributed by atoms with E-state index in [-0.39, 0.29) is 12.8 Å². The molecule has 80 valence electrons. The first-order valence-corrected chi connectivity index (χ1v) is 5.47. The van der Waals surface area contributed by atoms with Crippen molar-refractivity contribution in [2.75, 3.05) is 6.79 Å². The number of nitrogens with two attached hydrogens (primary N) is 1. The van der Waals surface area contributed by atoms with E-state index in [0.29, 0.717) is 0 Å². The van der Waals surface area contributed by atoms with Crippen LogP contribution in [0.4, 0.5) is 0 Å². The Bertz CT molecular complexity index is 392. The van der Waals surface area contributed by atoms with Gasteiger partial charge in [-0.3, -0.25) is 0 Å². The van der Waals surface area contributed by atoms with Gasteiger partial charge in [0.25, 0.3) is 0 Å². The van der Waals surface area contributed by atoms with Gasteiger partial charge in [-0.05, 0) is 24.1 Å². The fraction of sp³-hybridized carbons (Fsp3) is 0.273. The van der Waals surface area contributed by atoms with Crippen LogP contribution in [0.5, 0.6) is 11.5 Å². The molecular weight excluding hydrogens is 258 g/mol. The van der Waals surface area contributed by atoms with E-state index in [2.05, 4.69) is 22.5 Å². The van der Waals surface area contributed by atoms with Gasteiger partial charge in [0.1, 0.15) is 0 Å². The van der Waals surface area contributed by atoms with E-state index < -0.39 is 0 Å². The third kappa shape index (κ3) is 2.01. The number of rotatable bonds is 3. The van der Waals surface area contributed by atoms with Gasteiger partial charge >= 0.3 is 0 Å². The quantitative estimate of drug-likeness (QED) is 0.859. The molecule has 0 unspecified atom stereocenters. The summed E-state index contributed by atoms with van der Waals surface area (Å²) >= 11 is 3.47. The Kier molecular flexibility index (Phi) is 2.98. The smallest absolute Gasteiger partial charge is 0.231 e. The zero-order valence-electron chi connectivity index (χ0n) is 8.20. The van der Waals surface area contributed by atoms with Gasteiger partial charge in [0, 0.05) is 10.5 Å². The standard InChI is InChI=1S/C11H12BrNO2/c1-2-3-9(13)7-4-10-11(5-8(7)12)15-6-14-10/h2,4-5,9H,1,3,6,13H2/t9-/m0/s1. The fourth-order valence-electron chi connectivity index (χ4n) is 1.52. The number of benzene rings is 1. The lowest BCUT2D eigenvalue weighted by atomic mass is 10.0. The van der Waals surface area contributed by atoms with Crippen LogP contribution in [0.25, 0.3) is 0 Å². The SMILES string of the molecule is C=CC[C@H](N)c1cc2c(cc1Br)OCO2. The van der Waals surface area contributed by atoms with Crippen LogP contribution in [0.1, 0.15) is 18.0 Å². The topological polar surface area (TPSA) is 44.5 Å². The summed E-state index contributed by atoms with van der Waals surface area (Å²) in [5.41, 5.74) is 7.02. The van der Waals surface area contributed by atoms with Gasteiger partial charge in [-0.2, -0.15) is 0 Å². The third-order valence-corrected chi connectivity index (χ3v) is 3.00. The number of ether oxygens (including phenoxy) is 2. The molecule has 2 rings (SSSR count). The molecule has 4 heteroatoms. The van der Waals surface area contributed by atoms with Gasteiger partial charge in [0.05, 0.1) is 0 Å². The molecule has 2 N–H and O–H groups in total. The Morgan fingerprint density at radius 1 is 1.47 bits per heavy atom. The van der Waals surface area contributed by atoms with Gasteiger partial charge in [-0.15, -0.1) is 6.58 Å². The lowest BCUT2D eigenvalue weighted by Gasteiger charge is -2.12. The van der Waals surface area contributed by atoms with Crippen LogP contribution in [-0.4, -0.2) is 6.79 Å². The molecule has 0 saturated carbocycles. The molecule has 0 amide bonds. The van der Waals surface area contributed by atoms with Gasteiger partial charge in [-0.1, -0.05) is 22.0 Å². The Hall–Kier alpha value is -1.00. The molecule has 0 bridgehead atoms. The van der Waals surface area contributed by atoms with Crippen molar-refractivity contribution in [3.8, 4) is 11.5 Å². The molecule has 1 heterocycles. The lowest BCUT2D eigenvalue weighted by molar-refractivity contribution is 0.174. The summed E-state index contributed by atoms with van der Waals surface area (Å²) in [6.07, 6.45) is 2.54. The number of hydrogen-bond acceptors (Lipinski definition) is 3. The highest BCUT2D eigenvalue weighted by Crippen LogP contribution is 2.39. The Morgan fingerprint density at radius 3 is 2.80 bits per heavy atom. The van der Waals surface area contributed by atoms with Gasteiger partial charge in [0.2, 0.25) is 6.79 Å². The molecule has 1 aromatic carbocycles. The monoisotopic (exact) mass is 269 g/mol. The van der Waals surface area contributed by atoms with Crippen LogP contribution in [0.3, 0.4) is 0 Å². The van der Waals surface area contributed by atoms with Crippen molar-refractivity contribution in [1.29, 1.82) is 0 Å². The summed E-state index contributed by atoms with van der Waals surface area (Å²) in [5.74, 6) is 1.52. The van der Waals surface area contributed by atoms with E-state index in [1.165, 1.54) is 0 Å². The second-order valence-electron chi connectivity index (χ2n) is 3.36. The largest absolute Gasteiger partial charge is 0.454 e. The molecule has 1 atom stereocenters. The van der Waals surface area contributed by atoms with Gasteiger partial charge < -0.3 is 15.2 Å². The van der Waals surface area contributed by atoms with Crippen molar-refractivity contribution >= 4 is 15.9 Å². The van der Waals surface area contributed by atoms with E-state index in [1.54, 1.807) is 0 Å². The van der Waals surface area contributed by atoms with Crippen LogP contribution in [-0.2, 0) is 0 Å². The van der Waals surface area contributed by atoms with Crippen LogP contribution >= 0.6 is 15.9 Å². The van der Waals surface area contributed by atoms with Gasteiger partial charge in [0.15, 0.2) is 11.5 Å². The molecule has 0 aromatic heterocycles. The Balaban J connectivity index is 2.35. The average molecular weight is 270 g/mol. The van der Waals surface area contributed by atoms with Gasteiger partial charge in [-0.25, -0.2) is 0 Å². The Labute approximate surface area is 97.0 Å². The maximum atomic E-state index is 6.00. The molecule has 1 aliphatic rings. The lowest BCUT2D eigenvalue weighted by Crippen LogP contribution is -2.09. The zero-order valence-corrected chi connectivity index (χ0v) is 9.79. The van der Waals surface area contributed by atoms with E-state index in [1.807, 2.05) is 18.2 Å². The molecular formula is C11H12BrNO2. The first-order valence-electron chi connectivity index (χ1n) is 4.68. The molecule has 0 radical (unpaired) electrons. The number of halogens is 1. The highest BCUT2D eigenvalue weighted by Gasteiger charge is 2.18. The summed E-state index contributed by atoms with van der Waals surface area (Å²) in [4.78, 5) is 0. The minimum Gasteiger partial charge on any atom is -0.454 e.